The van der Waals surface area contributed by atoms with Gasteiger partial charge in [0.1, 0.15) is 0 Å². The Hall–Kier alpha value is -0.260. The summed E-state index contributed by atoms with van der Waals surface area (Å²) in [5.41, 5.74) is 1.93. The summed E-state index contributed by atoms with van der Waals surface area (Å²) in [7, 11) is 0. The second-order valence-electron chi connectivity index (χ2n) is 4.38. The molecule has 0 N–H and O–H groups in total. The maximum absolute atomic E-state index is 3.94. The van der Waals surface area contributed by atoms with Crippen molar-refractivity contribution in [1.82, 2.24) is 0 Å². The van der Waals surface area contributed by atoms with Crippen LogP contribution in [0.5, 0.6) is 0 Å². The van der Waals surface area contributed by atoms with Crippen LogP contribution in [0.15, 0.2) is 12.2 Å². The monoisotopic (exact) mass is 138 g/mol. The smallest absolute Gasteiger partial charge is 0.0289 e. The van der Waals surface area contributed by atoms with Crippen LogP contribution in [0.25, 0.3) is 0 Å². The number of allylic oxidation sites excluding steroid dienone is 1. The minimum Gasteiger partial charge on any atom is -0.100 e. The quantitative estimate of drug-likeness (QED) is 0.514. The summed E-state index contributed by atoms with van der Waals surface area (Å²) in [6.07, 6.45) is 1.23. The summed E-state index contributed by atoms with van der Waals surface area (Å²) in [6.45, 7) is 13.1. The SMILES string of the molecule is C=C(C)C[C@H]1[C@@H](C)C1(C)C. The van der Waals surface area contributed by atoms with Gasteiger partial charge >= 0.3 is 0 Å². The van der Waals surface area contributed by atoms with Gasteiger partial charge in [-0.3, -0.25) is 0 Å². The van der Waals surface area contributed by atoms with E-state index in [-0.39, 0.29) is 0 Å². The molecule has 1 aliphatic carbocycles. The van der Waals surface area contributed by atoms with E-state index in [0.717, 1.165) is 11.8 Å². The summed E-state index contributed by atoms with van der Waals surface area (Å²) in [5.74, 6) is 1.81. The predicted molar refractivity (Wildman–Crippen MR) is 45.9 cm³/mol. The zero-order valence-electron chi connectivity index (χ0n) is 7.57. The summed E-state index contributed by atoms with van der Waals surface area (Å²) < 4.78 is 0. The highest BCUT2D eigenvalue weighted by Crippen LogP contribution is 2.60. The van der Waals surface area contributed by atoms with Gasteiger partial charge in [0.15, 0.2) is 0 Å². The van der Waals surface area contributed by atoms with Crippen LogP contribution in [0.3, 0.4) is 0 Å². The molecule has 0 heteroatoms. The molecule has 58 valence electrons. The zero-order valence-corrected chi connectivity index (χ0v) is 7.57. The Bertz CT molecular complexity index is 153. The van der Waals surface area contributed by atoms with Crippen LogP contribution < -0.4 is 0 Å². The van der Waals surface area contributed by atoms with Gasteiger partial charge in [0.2, 0.25) is 0 Å². The van der Waals surface area contributed by atoms with Crippen molar-refractivity contribution in [1.29, 1.82) is 0 Å². The van der Waals surface area contributed by atoms with Crippen molar-refractivity contribution in [3.63, 3.8) is 0 Å². The highest BCUT2D eigenvalue weighted by molar-refractivity contribution is 5.08. The molecule has 0 nitrogen and oxygen atoms in total. The van der Waals surface area contributed by atoms with Crippen molar-refractivity contribution in [2.45, 2.75) is 34.1 Å². The Morgan fingerprint density at radius 2 is 1.90 bits per heavy atom. The molecule has 1 saturated carbocycles. The highest BCUT2D eigenvalue weighted by atomic mass is 14.6. The lowest BCUT2D eigenvalue weighted by molar-refractivity contribution is 0.542. The van der Waals surface area contributed by atoms with Gasteiger partial charge in [-0.2, -0.15) is 0 Å². The van der Waals surface area contributed by atoms with E-state index in [0.29, 0.717) is 5.41 Å². The molecule has 10 heavy (non-hydrogen) atoms. The molecule has 0 unspecified atom stereocenters. The molecule has 0 saturated heterocycles. The second kappa shape index (κ2) is 2.11. The Kier molecular flexibility index (Phi) is 1.66. The van der Waals surface area contributed by atoms with Gasteiger partial charge in [-0.15, -0.1) is 6.58 Å². The molecule has 2 atom stereocenters. The van der Waals surface area contributed by atoms with Gasteiger partial charge in [-0.1, -0.05) is 26.3 Å². The Morgan fingerprint density at radius 1 is 1.50 bits per heavy atom. The van der Waals surface area contributed by atoms with E-state index in [1.165, 1.54) is 12.0 Å². The predicted octanol–water partition coefficient (Wildman–Crippen LogP) is 3.24. The van der Waals surface area contributed by atoms with Gasteiger partial charge in [0, 0.05) is 0 Å². The Balaban J connectivity index is 2.42. The lowest BCUT2D eigenvalue weighted by Crippen LogP contribution is -1.90. The lowest BCUT2D eigenvalue weighted by Gasteiger charge is -2.00. The maximum atomic E-state index is 3.94. The van der Waals surface area contributed by atoms with E-state index in [2.05, 4.69) is 34.3 Å². The zero-order chi connectivity index (χ0) is 7.94. The van der Waals surface area contributed by atoms with Crippen LogP contribution in [0, 0.1) is 17.3 Å². The minimum atomic E-state index is 0.596. The first-order valence-corrected chi connectivity index (χ1v) is 4.10. The van der Waals surface area contributed by atoms with E-state index >= 15 is 0 Å². The molecule has 0 radical (unpaired) electrons. The van der Waals surface area contributed by atoms with Crippen molar-refractivity contribution in [3.05, 3.63) is 12.2 Å². The molecule has 0 aliphatic heterocycles. The molecule has 0 spiro atoms. The Labute approximate surface area is 64.3 Å². The van der Waals surface area contributed by atoms with Crippen LogP contribution in [0.2, 0.25) is 0 Å². The topological polar surface area (TPSA) is 0 Å². The third kappa shape index (κ3) is 1.12. The van der Waals surface area contributed by atoms with E-state index in [4.69, 9.17) is 0 Å². The van der Waals surface area contributed by atoms with Crippen molar-refractivity contribution >= 4 is 0 Å². The van der Waals surface area contributed by atoms with Crippen LogP contribution in [0.4, 0.5) is 0 Å². The lowest BCUT2D eigenvalue weighted by atomic mass is 10.1. The normalized spacial score (nSPS) is 35.6. The third-order valence-electron chi connectivity index (χ3n) is 3.19. The van der Waals surface area contributed by atoms with Gasteiger partial charge in [-0.25, -0.2) is 0 Å². The molecular formula is C10H18. The molecule has 0 aromatic carbocycles. The van der Waals surface area contributed by atoms with Crippen molar-refractivity contribution in [3.8, 4) is 0 Å². The van der Waals surface area contributed by atoms with E-state index < -0.39 is 0 Å². The molecule has 0 amide bonds. The number of hydrogen-bond donors (Lipinski definition) is 0. The van der Waals surface area contributed by atoms with Gasteiger partial charge in [0.05, 0.1) is 0 Å². The second-order valence-corrected chi connectivity index (χ2v) is 4.38. The highest BCUT2D eigenvalue weighted by Gasteiger charge is 2.53. The Morgan fingerprint density at radius 3 is 2.00 bits per heavy atom. The molecule has 0 bridgehead atoms. The van der Waals surface area contributed by atoms with Crippen molar-refractivity contribution in [2.24, 2.45) is 17.3 Å². The first-order valence-electron chi connectivity index (χ1n) is 4.10. The third-order valence-corrected chi connectivity index (χ3v) is 3.19. The number of hydrogen-bond acceptors (Lipinski definition) is 0. The molecule has 1 aliphatic rings. The van der Waals surface area contributed by atoms with Crippen LogP contribution in [-0.2, 0) is 0 Å². The van der Waals surface area contributed by atoms with Crippen molar-refractivity contribution in [2.75, 3.05) is 0 Å². The fourth-order valence-electron chi connectivity index (χ4n) is 1.83. The van der Waals surface area contributed by atoms with Crippen LogP contribution in [-0.4, -0.2) is 0 Å². The van der Waals surface area contributed by atoms with Crippen LogP contribution >= 0.6 is 0 Å². The largest absolute Gasteiger partial charge is 0.100 e. The minimum absolute atomic E-state index is 0.596. The molecule has 0 aromatic heterocycles. The van der Waals surface area contributed by atoms with Gasteiger partial charge in [-0.05, 0) is 30.6 Å². The molecule has 1 fully saturated rings. The van der Waals surface area contributed by atoms with E-state index in [9.17, 15) is 0 Å². The molecule has 0 heterocycles. The average molecular weight is 138 g/mol. The summed E-state index contributed by atoms with van der Waals surface area (Å²) in [5, 5.41) is 0. The molecule has 1 rings (SSSR count). The number of rotatable bonds is 2. The summed E-state index contributed by atoms with van der Waals surface area (Å²) >= 11 is 0. The van der Waals surface area contributed by atoms with E-state index in [1.807, 2.05) is 0 Å². The molecule has 0 aromatic rings. The molecular weight excluding hydrogens is 120 g/mol. The first-order chi connectivity index (χ1) is 4.46. The maximum Gasteiger partial charge on any atom is -0.0289 e. The fraction of sp³-hybridized carbons (Fsp3) is 0.800. The van der Waals surface area contributed by atoms with Crippen molar-refractivity contribution < 1.29 is 0 Å². The summed E-state index contributed by atoms with van der Waals surface area (Å²) in [6, 6.07) is 0. The first kappa shape index (κ1) is 7.84. The summed E-state index contributed by atoms with van der Waals surface area (Å²) in [4.78, 5) is 0. The van der Waals surface area contributed by atoms with E-state index in [1.54, 1.807) is 0 Å². The standard InChI is InChI=1S/C10H18/c1-7(2)6-9-8(3)10(9,4)5/h8-9H,1,6H2,2-5H3/t8-,9+/m1/s1. The average Bonchev–Trinajstić information content (AvgIpc) is 2.17. The van der Waals surface area contributed by atoms with Crippen LogP contribution in [0.1, 0.15) is 34.1 Å². The fourth-order valence-corrected chi connectivity index (χ4v) is 1.83. The van der Waals surface area contributed by atoms with Gasteiger partial charge < -0.3 is 0 Å². The van der Waals surface area contributed by atoms with Gasteiger partial charge in [0.25, 0.3) is 0 Å².